The molecule has 32 heavy (non-hydrogen) atoms. The van der Waals surface area contributed by atoms with Crippen LogP contribution in [-0.4, -0.2) is 40.7 Å². The predicted octanol–water partition coefficient (Wildman–Crippen LogP) is 4.23. The van der Waals surface area contributed by atoms with Crippen LogP contribution in [0, 0.1) is 10.8 Å². The van der Waals surface area contributed by atoms with E-state index >= 15 is 0 Å². The zero-order valence-electron chi connectivity index (χ0n) is 20.3. The molecule has 0 aromatic heterocycles. The van der Waals surface area contributed by atoms with Crippen molar-refractivity contribution in [2.75, 3.05) is 26.4 Å². The van der Waals surface area contributed by atoms with Gasteiger partial charge in [0.2, 0.25) is 0 Å². The topological polar surface area (TPSA) is 36.9 Å². The Morgan fingerprint density at radius 3 is 1.81 bits per heavy atom. The van der Waals surface area contributed by atoms with Crippen molar-refractivity contribution in [1.82, 2.24) is 0 Å². The monoisotopic (exact) mass is 434 g/mol. The lowest BCUT2D eigenvalue weighted by Gasteiger charge is -2.35. The standard InChI is InChI=1S/C26H36B2O4/c1-6-7-11-21-14-24(28-31-18-26(4,5)19-32-28)22(20-12-9-8-10-13-20)15-23(21)27-29-16-25(2,3)17-30-27/h8-10,12-15H,6-7,11,16-19H2,1-5H3. The maximum absolute atomic E-state index is 6.23. The van der Waals surface area contributed by atoms with E-state index in [2.05, 4.69) is 71.0 Å². The summed E-state index contributed by atoms with van der Waals surface area (Å²) in [6.07, 6.45) is 3.24. The maximum Gasteiger partial charge on any atom is 0.494 e. The molecule has 0 saturated carbocycles. The van der Waals surface area contributed by atoms with E-state index < -0.39 is 0 Å². The van der Waals surface area contributed by atoms with Gasteiger partial charge in [0.05, 0.1) is 0 Å². The number of aryl methyl sites for hydroxylation is 1. The molecule has 0 radical (unpaired) electrons. The quantitative estimate of drug-likeness (QED) is 0.638. The first-order chi connectivity index (χ1) is 15.3. The van der Waals surface area contributed by atoms with Gasteiger partial charge in [-0.25, -0.2) is 0 Å². The van der Waals surface area contributed by atoms with Crippen LogP contribution in [-0.2, 0) is 25.0 Å². The number of benzene rings is 2. The molecule has 0 N–H and O–H groups in total. The van der Waals surface area contributed by atoms with E-state index in [9.17, 15) is 0 Å². The second-order valence-corrected chi connectivity index (χ2v) is 10.8. The Morgan fingerprint density at radius 2 is 1.28 bits per heavy atom. The van der Waals surface area contributed by atoms with Crippen molar-refractivity contribution < 1.29 is 18.6 Å². The second kappa shape index (κ2) is 9.72. The predicted molar refractivity (Wildman–Crippen MR) is 133 cm³/mol. The fraction of sp³-hybridized carbons (Fsp3) is 0.538. The highest BCUT2D eigenvalue weighted by molar-refractivity contribution is 6.65. The molecule has 2 aliphatic rings. The van der Waals surface area contributed by atoms with E-state index in [0.717, 1.165) is 41.3 Å². The van der Waals surface area contributed by atoms with Crippen LogP contribution >= 0.6 is 0 Å². The Bertz CT molecular complexity index is 894. The first kappa shape index (κ1) is 23.6. The Morgan fingerprint density at radius 1 is 0.750 bits per heavy atom. The summed E-state index contributed by atoms with van der Waals surface area (Å²) in [4.78, 5) is 0. The summed E-state index contributed by atoms with van der Waals surface area (Å²) in [7, 11) is -0.696. The number of hydrogen-bond acceptors (Lipinski definition) is 4. The normalized spacial score (nSPS) is 20.4. The Kier molecular flexibility index (Phi) is 7.16. The lowest BCUT2D eigenvalue weighted by Crippen LogP contribution is -2.51. The minimum absolute atomic E-state index is 0.0327. The van der Waals surface area contributed by atoms with Gasteiger partial charge in [0, 0.05) is 37.3 Å². The van der Waals surface area contributed by atoms with Crippen LogP contribution in [0.25, 0.3) is 11.1 Å². The van der Waals surface area contributed by atoms with Gasteiger partial charge < -0.3 is 18.6 Å². The summed E-state index contributed by atoms with van der Waals surface area (Å²) < 4.78 is 24.9. The molecule has 0 amide bonds. The van der Waals surface area contributed by atoms with Crippen LogP contribution in [0.15, 0.2) is 42.5 Å². The molecule has 6 heteroatoms. The highest BCUT2D eigenvalue weighted by atomic mass is 16.6. The number of unbranched alkanes of at least 4 members (excludes halogenated alkanes) is 1. The average molecular weight is 434 g/mol. The first-order valence-electron chi connectivity index (χ1n) is 12.0. The van der Waals surface area contributed by atoms with Gasteiger partial charge in [0.1, 0.15) is 0 Å². The van der Waals surface area contributed by atoms with Crippen molar-refractivity contribution >= 4 is 25.2 Å². The molecule has 2 aromatic carbocycles. The Hall–Kier alpha value is -1.59. The van der Waals surface area contributed by atoms with E-state index in [0.29, 0.717) is 26.4 Å². The zero-order chi connectivity index (χ0) is 22.8. The largest absolute Gasteiger partial charge is 0.494 e. The third-order valence-electron chi connectivity index (χ3n) is 6.21. The highest BCUT2D eigenvalue weighted by Crippen LogP contribution is 2.26. The van der Waals surface area contributed by atoms with E-state index in [1.54, 1.807) is 0 Å². The zero-order valence-corrected chi connectivity index (χ0v) is 20.3. The molecule has 170 valence electrons. The van der Waals surface area contributed by atoms with Crippen LogP contribution < -0.4 is 10.9 Å². The average Bonchev–Trinajstić information content (AvgIpc) is 2.78. The molecule has 0 unspecified atom stereocenters. The second-order valence-electron chi connectivity index (χ2n) is 10.8. The molecule has 4 nitrogen and oxygen atoms in total. The van der Waals surface area contributed by atoms with Crippen molar-refractivity contribution in [3.8, 4) is 11.1 Å². The maximum atomic E-state index is 6.23. The summed E-state index contributed by atoms with van der Waals surface area (Å²) in [6.45, 7) is 13.7. The van der Waals surface area contributed by atoms with Gasteiger partial charge in [-0.15, -0.1) is 0 Å². The summed E-state index contributed by atoms with van der Waals surface area (Å²) >= 11 is 0. The molecule has 2 fully saturated rings. The van der Waals surface area contributed by atoms with Crippen LogP contribution in [0.2, 0.25) is 0 Å². The summed E-state index contributed by atoms with van der Waals surface area (Å²) in [5.41, 5.74) is 5.85. The van der Waals surface area contributed by atoms with E-state index in [-0.39, 0.29) is 25.1 Å². The Balaban J connectivity index is 1.76. The molecule has 0 bridgehead atoms. The molecular weight excluding hydrogens is 398 g/mol. The third-order valence-corrected chi connectivity index (χ3v) is 6.21. The number of rotatable bonds is 6. The van der Waals surface area contributed by atoms with Gasteiger partial charge >= 0.3 is 14.2 Å². The van der Waals surface area contributed by atoms with Crippen molar-refractivity contribution in [3.05, 3.63) is 48.0 Å². The van der Waals surface area contributed by atoms with Crippen LogP contribution in [0.4, 0.5) is 0 Å². The SMILES string of the molecule is CCCCc1cc(B2OCC(C)(C)CO2)c(-c2ccccc2)cc1B1OCC(C)(C)CO1. The molecule has 0 aliphatic carbocycles. The molecule has 2 saturated heterocycles. The van der Waals surface area contributed by atoms with Gasteiger partial charge in [0.25, 0.3) is 0 Å². The van der Waals surface area contributed by atoms with E-state index in [1.807, 2.05) is 6.07 Å². The van der Waals surface area contributed by atoms with Crippen molar-refractivity contribution in [2.24, 2.45) is 10.8 Å². The first-order valence-corrected chi connectivity index (χ1v) is 12.0. The summed E-state index contributed by atoms with van der Waals surface area (Å²) in [5.74, 6) is 0. The highest BCUT2D eigenvalue weighted by Gasteiger charge is 2.38. The smallest absolute Gasteiger partial charge is 0.407 e. The minimum Gasteiger partial charge on any atom is -0.407 e. The molecule has 0 atom stereocenters. The van der Waals surface area contributed by atoms with Gasteiger partial charge in [0.15, 0.2) is 0 Å². The van der Waals surface area contributed by atoms with E-state index in [1.165, 1.54) is 5.56 Å². The minimum atomic E-state index is -0.361. The van der Waals surface area contributed by atoms with Crippen LogP contribution in [0.3, 0.4) is 0 Å². The summed E-state index contributed by atoms with van der Waals surface area (Å²) in [5, 5.41) is 0. The van der Waals surface area contributed by atoms with Crippen molar-refractivity contribution in [1.29, 1.82) is 0 Å². The lowest BCUT2D eigenvalue weighted by atomic mass is 9.65. The van der Waals surface area contributed by atoms with Gasteiger partial charge in [-0.2, -0.15) is 0 Å². The summed E-state index contributed by atoms with van der Waals surface area (Å²) in [6, 6.07) is 15.0. The fourth-order valence-electron chi connectivity index (χ4n) is 4.29. The fourth-order valence-corrected chi connectivity index (χ4v) is 4.29. The van der Waals surface area contributed by atoms with Crippen LogP contribution in [0.1, 0.15) is 53.0 Å². The molecule has 4 rings (SSSR count). The molecule has 0 spiro atoms. The van der Waals surface area contributed by atoms with Crippen molar-refractivity contribution in [2.45, 2.75) is 53.9 Å². The van der Waals surface area contributed by atoms with Crippen LogP contribution in [0.5, 0.6) is 0 Å². The lowest BCUT2D eigenvalue weighted by molar-refractivity contribution is 0.0339. The molecule has 2 aliphatic heterocycles. The molecule has 2 heterocycles. The van der Waals surface area contributed by atoms with Crippen molar-refractivity contribution in [3.63, 3.8) is 0 Å². The number of hydrogen-bond donors (Lipinski definition) is 0. The third kappa shape index (κ3) is 5.48. The van der Waals surface area contributed by atoms with Gasteiger partial charge in [-0.3, -0.25) is 0 Å². The Labute approximate surface area is 194 Å². The van der Waals surface area contributed by atoms with Gasteiger partial charge in [-0.1, -0.05) is 83.5 Å². The van der Waals surface area contributed by atoms with E-state index in [4.69, 9.17) is 18.6 Å². The molecular formula is C26H36B2O4. The molecule has 2 aromatic rings. The van der Waals surface area contributed by atoms with Gasteiger partial charge in [-0.05, 0) is 40.5 Å².